The van der Waals surface area contributed by atoms with E-state index in [-0.39, 0.29) is 5.91 Å². The molecule has 0 saturated heterocycles. The minimum atomic E-state index is -0.116. The molecule has 4 rings (SSSR count). The van der Waals surface area contributed by atoms with Crippen LogP contribution in [0.3, 0.4) is 0 Å². The van der Waals surface area contributed by atoms with Crippen LogP contribution >= 0.6 is 0 Å². The van der Waals surface area contributed by atoms with Crippen LogP contribution in [0.2, 0.25) is 0 Å². The number of anilines is 1. The van der Waals surface area contributed by atoms with Gasteiger partial charge in [-0.25, -0.2) is 9.97 Å². The molecule has 0 saturated carbocycles. The van der Waals surface area contributed by atoms with E-state index < -0.39 is 0 Å². The number of fused-ring (bicyclic) bond motifs is 3. The molecule has 120 valence electrons. The zero-order chi connectivity index (χ0) is 16.7. The Hall–Kier alpha value is -3.42. The predicted octanol–water partition coefficient (Wildman–Crippen LogP) is 1.72. The highest BCUT2D eigenvalue weighted by atomic mass is 16.1. The van der Waals surface area contributed by atoms with Gasteiger partial charge in [-0.1, -0.05) is 6.07 Å². The van der Waals surface area contributed by atoms with Gasteiger partial charge in [-0.15, -0.1) is 0 Å². The standard InChI is InChI=1S/C16H15N7O/c1-8(24)18-7-13-21-14-10-3-2-9(11-4-5-19-23-11)6-12(10)20-16(17)15(14)22-13/h2-6H,7H2,1H3,(H2,17,20)(H,18,24)(H,19,23)(H,21,22). The number of amides is 1. The van der Waals surface area contributed by atoms with Gasteiger partial charge in [-0.2, -0.15) is 5.10 Å². The molecule has 5 N–H and O–H groups in total. The molecule has 3 aromatic heterocycles. The molecule has 0 spiro atoms. The lowest BCUT2D eigenvalue weighted by Crippen LogP contribution is -2.19. The summed E-state index contributed by atoms with van der Waals surface area (Å²) in [6.07, 6.45) is 1.77. The zero-order valence-electron chi connectivity index (χ0n) is 12.9. The third-order valence-corrected chi connectivity index (χ3v) is 3.80. The average Bonchev–Trinajstić information content (AvgIpc) is 3.22. The molecule has 0 fully saturated rings. The second-order valence-electron chi connectivity index (χ2n) is 5.51. The summed E-state index contributed by atoms with van der Waals surface area (Å²) in [5.74, 6) is 0.870. The number of nitrogens with one attached hydrogen (secondary N) is 3. The molecule has 0 bridgehead atoms. The Labute approximate surface area is 136 Å². The van der Waals surface area contributed by atoms with Crippen molar-refractivity contribution in [1.82, 2.24) is 30.5 Å². The van der Waals surface area contributed by atoms with Gasteiger partial charge in [-0.05, 0) is 18.2 Å². The lowest BCUT2D eigenvalue weighted by Gasteiger charge is -2.03. The highest BCUT2D eigenvalue weighted by Gasteiger charge is 2.13. The molecule has 1 amide bonds. The average molecular weight is 321 g/mol. The van der Waals surface area contributed by atoms with E-state index >= 15 is 0 Å². The molecule has 8 nitrogen and oxygen atoms in total. The maximum absolute atomic E-state index is 11.1. The number of hydrogen-bond donors (Lipinski definition) is 4. The van der Waals surface area contributed by atoms with Gasteiger partial charge in [0.1, 0.15) is 11.3 Å². The maximum Gasteiger partial charge on any atom is 0.217 e. The molecule has 0 aliphatic heterocycles. The first-order valence-electron chi connectivity index (χ1n) is 7.44. The number of nitrogens with zero attached hydrogens (tertiary/aromatic N) is 3. The van der Waals surface area contributed by atoms with E-state index in [1.165, 1.54) is 6.92 Å². The van der Waals surface area contributed by atoms with E-state index in [0.717, 1.165) is 27.7 Å². The highest BCUT2D eigenvalue weighted by Crippen LogP contribution is 2.29. The number of aromatic amines is 2. The number of rotatable bonds is 3. The van der Waals surface area contributed by atoms with Gasteiger partial charge < -0.3 is 16.0 Å². The molecular formula is C16H15N7O. The third-order valence-electron chi connectivity index (χ3n) is 3.80. The number of aromatic nitrogens is 5. The van der Waals surface area contributed by atoms with Gasteiger partial charge in [0.05, 0.1) is 23.3 Å². The van der Waals surface area contributed by atoms with Crippen molar-refractivity contribution >= 4 is 33.7 Å². The van der Waals surface area contributed by atoms with Crippen molar-refractivity contribution in [2.45, 2.75) is 13.5 Å². The van der Waals surface area contributed by atoms with E-state index in [1.54, 1.807) is 6.20 Å². The molecule has 1 aromatic carbocycles. The molecule has 24 heavy (non-hydrogen) atoms. The molecule has 0 unspecified atom stereocenters. The van der Waals surface area contributed by atoms with Crippen LogP contribution in [-0.4, -0.2) is 31.1 Å². The Balaban J connectivity index is 1.85. The summed E-state index contributed by atoms with van der Waals surface area (Å²) in [6, 6.07) is 7.78. The lowest BCUT2D eigenvalue weighted by atomic mass is 10.1. The number of H-pyrrole nitrogens is 2. The van der Waals surface area contributed by atoms with E-state index in [1.807, 2.05) is 24.3 Å². The van der Waals surface area contributed by atoms with Crippen molar-refractivity contribution in [3.63, 3.8) is 0 Å². The molecule has 0 aliphatic carbocycles. The van der Waals surface area contributed by atoms with E-state index in [9.17, 15) is 4.79 Å². The smallest absolute Gasteiger partial charge is 0.217 e. The van der Waals surface area contributed by atoms with Crippen LogP contribution in [0.4, 0.5) is 5.82 Å². The van der Waals surface area contributed by atoms with Crippen molar-refractivity contribution < 1.29 is 4.79 Å². The van der Waals surface area contributed by atoms with E-state index in [2.05, 4.69) is 30.5 Å². The number of imidazole rings is 1. The van der Waals surface area contributed by atoms with Crippen LogP contribution in [0.15, 0.2) is 30.5 Å². The van der Waals surface area contributed by atoms with Crippen LogP contribution in [0.1, 0.15) is 12.7 Å². The van der Waals surface area contributed by atoms with Gasteiger partial charge in [0.25, 0.3) is 0 Å². The molecular weight excluding hydrogens is 306 g/mol. The summed E-state index contributed by atoms with van der Waals surface area (Å²) >= 11 is 0. The molecule has 8 heteroatoms. The fraction of sp³-hybridized carbons (Fsp3) is 0.125. The number of nitrogen functional groups attached to an aromatic ring is 1. The first-order valence-corrected chi connectivity index (χ1v) is 7.44. The monoisotopic (exact) mass is 321 g/mol. The normalized spacial score (nSPS) is 11.2. The lowest BCUT2D eigenvalue weighted by molar-refractivity contribution is -0.119. The number of hydrogen-bond acceptors (Lipinski definition) is 5. The number of carbonyl (C=O) groups is 1. The van der Waals surface area contributed by atoms with Crippen LogP contribution in [-0.2, 0) is 11.3 Å². The van der Waals surface area contributed by atoms with Crippen LogP contribution in [0.5, 0.6) is 0 Å². The number of benzene rings is 1. The summed E-state index contributed by atoms with van der Waals surface area (Å²) in [5.41, 5.74) is 10.0. The van der Waals surface area contributed by atoms with Crippen LogP contribution in [0, 0.1) is 0 Å². The van der Waals surface area contributed by atoms with Crippen molar-refractivity contribution in [3.8, 4) is 11.3 Å². The topological polar surface area (TPSA) is 125 Å². The minimum Gasteiger partial charge on any atom is -0.382 e. The molecule has 0 radical (unpaired) electrons. The first kappa shape index (κ1) is 14.2. The number of nitrogens with two attached hydrogens (primary N) is 1. The van der Waals surface area contributed by atoms with Gasteiger partial charge in [0.2, 0.25) is 5.91 Å². The molecule has 0 aliphatic rings. The van der Waals surface area contributed by atoms with Gasteiger partial charge in [-0.3, -0.25) is 9.89 Å². The largest absolute Gasteiger partial charge is 0.382 e. The highest BCUT2D eigenvalue weighted by molar-refractivity contribution is 6.07. The molecule has 4 aromatic rings. The third kappa shape index (κ3) is 2.34. The first-order chi connectivity index (χ1) is 11.6. The quantitative estimate of drug-likeness (QED) is 0.457. The van der Waals surface area contributed by atoms with Crippen LogP contribution in [0.25, 0.3) is 33.2 Å². The van der Waals surface area contributed by atoms with Crippen molar-refractivity contribution in [2.75, 3.05) is 5.73 Å². The number of pyridine rings is 1. The van der Waals surface area contributed by atoms with Crippen molar-refractivity contribution in [2.24, 2.45) is 0 Å². The van der Waals surface area contributed by atoms with Crippen molar-refractivity contribution in [3.05, 3.63) is 36.3 Å². The summed E-state index contributed by atoms with van der Waals surface area (Å²) in [5, 5.41) is 10.6. The van der Waals surface area contributed by atoms with Gasteiger partial charge in [0.15, 0.2) is 5.82 Å². The Morgan fingerprint density at radius 1 is 1.29 bits per heavy atom. The summed E-state index contributed by atoms with van der Waals surface area (Å²) in [7, 11) is 0. The Morgan fingerprint density at radius 3 is 2.92 bits per heavy atom. The Bertz CT molecular complexity index is 1050. The second kappa shape index (κ2) is 5.34. The minimum absolute atomic E-state index is 0.116. The van der Waals surface area contributed by atoms with Gasteiger partial charge >= 0.3 is 0 Å². The Morgan fingerprint density at radius 2 is 2.17 bits per heavy atom. The fourth-order valence-corrected chi connectivity index (χ4v) is 2.69. The zero-order valence-corrected chi connectivity index (χ0v) is 12.9. The predicted molar refractivity (Wildman–Crippen MR) is 90.9 cm³/mol. The molecule has 0 atom stereocenters. The maximum atomic E-state index is 11.1. The van der Waals surface area contributed by atoms with E-state index in [0.29, 0.717) is 23.7 Å². The molecule has 3 heterocycles. The van der Waals surface area contributed by atoms with Crippen molar-refractivity contribution in [1.29, 1.82) is 0 Å². The fourth-order valence-electron chi connectivity index (χ4n) is 2.69. The summed E-state index contributed by atoms with van der Waals surface area (Å²) in [6.45, 7) is 1.78. The second-order valence-corrected chi connectivity index (χ2v) is 5.51. The SMILES string of the molecule is CC(=O)NCc1nc2c(N)nc3cc(-c4cc[nH]n4)ccc3c2[nH]1. The number of carbonyl (C=O) groups excluding carboxylic acids is 1. The van der Waals surface area contributed by atoms with E-state index in [4.69, 9.17) is 5.73 Å². The summed E-state index contributed by atoms with van der Waals surface area (Å²) in [4.78, 5) is 23.2. The Kier molecular flexibility index (Phi) is 3.16. The van der Waals surface area contributed by atoms with Gasteiger partial charge in [0, 0.05) is 24.1 Å². The summed E-state index contributed by atoms with van der Waals surface area (Å²) < 4.78 is 0. The van der Waals surface area contributed by atoms with Crippen LogP contribution < -0.4 is 11.1 Å².